The third kappa shape index (κ3) is 1.84. The lowest BCUT2D eigenvalue weighted by Crippen LogP contribution is -2.14. The predicted octanol–water partition coefficient (Wildman–Crippen LogP) is 2.85. The van der Waals surface area contributed by atoms with Crippen LogP contribution in [0.5, 0.6) is 0 Å². The van der Waals surface area contributed by atoms with E-state index in [0.29, 0.717) is 0 Å². The summed E-state index contributed by atoms with van der Waals surface area (Å²) in [7, 11) is 0. The summed E-state index contributed by atoms with van der Waals surface area (Å²) in [4.78, 5) is 3.89. The van der Waals surface area contributed by atoms with Crippen LogP contribution in [0.25, 0.3) is 0 Å². The average molecular weight is 230 g/mol. The van der Waals surface area contributed by atoms with Gasteiger partial charge in [-0.2, -0.15) is 0 Å². The predicted molar refractivity (Wildman–Crippen MR) is 68.1 cm³/mol. The van der Waals surface area contributed by atoms with E-state index in [9.17, 15) is 0 Å². The van der Waals surface area contributed by atoms with Crippen LogP contribution in [0.4, 0.5) is 5.69 Å². The van der Waals surface area contributed by atoms with Crippen LogP contribution in [0.1, 0.15) is 16.0 Å². The van der Waals surface area contributed by atoms with E-state index in [4.69, 9.17) is 5.73 Å². The highest BCUT2D eigenvalue weighted by Gasteiger charge is 2.18. The molecule has 2 aromatic rings. The molecule has 0 saturated heterocycles. The van der Waals surface area contributed by atoms with Gasteiger partial charge in [0.05, 0.1) is 0 Å². The SMILES string of the molecule is Nc1ccc2c(c1)CN(Cc1cccs1)C2. The van der Waals surface area contributed by atoms with Gasteiger partial charge in [0.1, 0.15) is 0 Å². The Labute approximate surface area is 99.3 Å². The van der Waals surface area contributed by atoms with Crippen molar-refractivity contribution in [2.24, 2.45) is 0 Å². The van der Waals surface area contributed by atoms with Crippen molar-refractivity contribution in [3.05, 3.63) is 51.7 Å². The van der Waals surface area contributed by atoms with Crippen molar-refractivity contribution in [3.63, 3.8) is 0 Å². The van der Waals surface area contributed by atoms with Crippen LogP contribution in [-0.2, 0) is 19.6 Å². The largest absolute Gasteiger partial charge is 0.399 e. The monoisotopic (exact) mass is 230 g/mol. The zero-order valence-electron chi connectivity index (χ0n) is 9.02. The van der Waals surface area contributed by atoms with E-state index in [1.807, 2.05) is 17.4 Å². The van der Waals surface area contributed by atoms with E-state index in [1.165, 1.54) is 16.0 Å². The molecule has 0 spiro atoms. The average Bonchev–Trinajstić information content (AvgIpc) is 2.86. The van der Waals surface area contributed by atoms with Gasteiger partial charge >= 0.3 is 0 Å². The van der Waals surface area contributed by atoms with Crippen LogP contribution in [0.3, 0.4) is 0 Å². The first-order valence-corrected chi connectivity index (χ1v) is 6.31. The van der Waals surface area contributed by atoms with Gasteiger partial charge in [0.2, 0.25) is 0 Å². The number of nitrogens with zero attached hydrogens (tertiary/aromatic N) is 1. The Morgan fingerprint density at radius 1 is 1.19 bits per heavy atom. The van der Waals surface area contributed by atoms with E-state index >= 15 is 0 Å². The van der Waals surface area contributed by atoms with Gasteiger partial charge in [-0.1, -0.05) is 12.1 Å². The molecule has 1 aromatic carbocycles. The summed E-state index contributed by atoms with van der Waals surface area (Å²) >= 11 is 1.83. The van der Waals surface area contributed by atoms with Crippen molar-refractivity contribution in [3.8, 4) is 0 Å². The van der Waals surface area contributed by atoms with Gasteiger partial charge in [-0.3, -0.25) is 4.90 Å². The van der Waals surface area contributed by atoms with E-state index in [-0.39, 0.29) is 0 Å². The van der Waals surface area contributed by atoms with E-state index in [2.05, 4.69) is 34.5 Å². The molecule has 0 radical (unpaired) electrons. The Balaban J connectivity index is 1.75. The number of hydrogen-bond donors (Lipinski definition) is 1. The van der Waals surface area contributed by atoms with E-state index in [1.54, 1.807) is 0 Å². The van der Waals surface area contributed by atoms with Crippen molar-refractivity contribution in [1.29, 1.82) is 0 Å². The van der Waals surface area contributed by atoms with Crippen molar-refractivity contribution in [1.82, 2.24) is 4.90 Å². The Kier molecular flexibility index (Phi) is 2.42. The molecule has 2 nitrogen and oxygen atoms in total. The maximum absolute atomic E-state index is 5.80. The molecule has 0 bridgehead atoms. The molecule has 3 heteroatoms. The number of anilines is 1. The third-order valence-corrected chi connectivity index (χ3v) is 3.84. The highest BCUT2D eigenvalue weighted by atomic mass is 32.1. The Morgan fingerprint density at radius 2 is 2.06 bits per heavy atom. The highest BCUT2D eigenvalue weighted by molar-refractivity contribution is 7.09. The maximum Gasteiger partial charge on any atom is 0.0335 e. The number of nitrogen functional groups attached to an aromatic ring is 1. The summed E-state index contributed by atoms with van der Waals surface area (Å²) in [6.07, 6.45) is 0. The van der Waals surface area contributed by atoms with Gasteiger partial charge in [-0.05, 0) is 34.7 Å². The molecule has 16 heavy (non-hydrogen) atoms. The van der Waals surface area contributed by atoms with Crippen LogP contribution in [0.15, 0.2) is 35.7 Å². The second kappa shape index (κ2) is 3.92. The second-order valence-corrected chi connectivity index (χ2v) is 5.28. The van der Waals surface area contributed by atoms with Crippen LogP contribution in [-0.4, -0.2) is 4.90 Å². The normalized spacial score (nSPS) is 15.2. The first-order chi connectivity index (χ1) is 7.81. The molecule has 1 aliphatic rings. The van der Waals surface area contributed by atoms with Gasteiger partial charge in [0, 0.05) is 30.2 Å². The molecule has 0 aliphatic carbocycles. The fourth-order valence-corrected chi connectivity index (χ4v) is 2.97. The molecular weight excluding hydrogens is 216 g/mol. The lowest BCUT2D eigenvalue weighted by Gasteiger charge is -2.12. The molecule has 0 fully saturated rings. The quantitative estimate of drug-likeness (QED) is 0.804. The standard InChI is InChI=1S/C13H14N2S/c14-12-4-3-10-7-15(8-11(10)6-12)9-13-2-1-5-16-13/h1-6H,7-9,14H2. The molecule has 0 unspecified atom stereocenters. The molecule has 1 aliphatic heterocycles. The summed E-state index contributed by atoms with van der Waals surface area (Å²) in [6.45, 7) is 3.12. The van der Waals surface area contributed by atoms with Crippen molar-refractivity contribution < 1.29 is 0 Å². The van der Waals surface area contributed by atoms with Crippen LogP contribution >= 0.6 is 11.3 Å². The minimum Gasteiger partial charge on any atom is -0.399 e. The number of fused-ring (bicyclic) bond motifs is 1. The minimum absolute atomic E-state index is 0.872. The zero-order valence-corrected chi connectivity index (χ0v) is 9.83. The summed E-state index contributed by atoms with van der Waals surface area (Å²) in [5, 5.41) is 2.14. The first kappa shape index (κ1) is 9.87. The number of thiophene rings is 1. The number of nitrogens with two attached hydrogens (primary N) is 1. The molecule has 0 amide bonds. The van der Waals surface area contributed by atoms with Crippen LogP contribution in [0.2, 0.25) is 0 Å². The molecular formula is C13H14N2S. The molecule has 3 rings (SSSR count). The molecule has 2 heterocycles. The molecule has 1 aromatic heterocycles. The fourth-order valence-electron chi connectivity index (χ4n) is 2.22. The van der Waals surface area contributed by atoms with Crippen molar-refractivity contribution in [2.45, 2.75) is 19.6 Å². The number of hydrogen-bond acceptors (Lipinski definition) is 3. The first-order valence-electron chi connectivity index (χ1n) is 5.43. The molecule has 0 atom stereocenters. The smallest absolute Gasteiger partial charge is 0.0335 e. The van der Waals surface area contributed by atoms with E-state index in [0.717, 1.165) is 25.3 Å². The van der Waals surface area contributed by atoms with Gasteiger partial charge in [0.15, 0.2) is 0 Å². The Bertz CT molecular complexity index is 491. The molecule has 0 saturated carbocycles. The van der Waals surface area contributed by atoms with Gasteiger partial charge in [0.25, 0.3) is 0 Å². The van der Waals surface area contributed by atoms with Gasteiger partial charge < -0.3 is 5.73 Å². The van der Waals surface area contributed by atoms with E-state index < -0.39 is 0 Å². The van der Waals surface area contributed by atoms with Crippen molar-refractivity contribution in [2.75, 3.05) is 5.73 Å². The van der Waals surface area contributed by atoms with Crippen LogP contribution in [0, 0.1) is 0 Å². The van der Waals surface area contributed by atoms with Crippen LogP contribution < -0.4 is 5.73 Å². The minimum atomic E-state index is 0.872. The molecule has 82 valence electrons. The summed E-state index contributed by atoms with van der Waals surface area (Å²) in [5.74, 6) is 0. The fraction of sp³-hybridized carbons (Fsp3) is 0.231. The summed E-state index contributed by atoms with van der Waals surface area (Å²) in [6, 6.07) is 10.6. The lowest BCUT2D eigenvalue weighted by molar-refractivity contribution is 0.278. The second-order valence-electron chi connectivity index (χ2n) is 4.25. The lowest BCUT2D eigenvalue weighted by atomic mass is 10.1. The highest BCUT2D eigenvalue weighted by Crippen LogP contribution is 2.26. The Hall–Kier alpha value is -1.32. The summed E-state index contributed by atoms with van der Waals surface area (Å²) in [5.41, 5.74) is 9.48. The van der Waals surface area contributed by atoms with Gasteiger partial charge in [-0.25, -0.2) is 0 Å². The molecule has 2 N–H and O–H groups in total. The van der Waals surface area contributed by atoms with Gasteiger partial charge in [-0.15, -0.1) is 11.3 Å². The maximum atomic E-state index is 5.80. The summed E-state index contributed by atoms with van der Waals surface area (Å²) < 4.78 is 0. The number of rotatable bonds is 2. The third-order valence-electron chi connectivity index (χ3n) is 2.98. The van der Waals surface area contributed by atoms with Crippen molar-refractivity contribution >= 4 is 17.0 Å². The zero-order chi connectivity index (χ0) is 11.0. The topological polar surface area (TPSA) is 29.3 Å². The number of benzene rings is 1. The Morgan fingerprint density at radius 3 is 2.88 bits per heavy atom.